The van der Waals surface area contributed by atoms with E-state index in [1.54, 1.807) is 0 Å². The number of halogens is 1. The molecule has 2 rings (SSSR count). The van der Waals surface area contributed by atoms with Crippen LogP contribution in [-0.2, 0) is 10.4 Å². The second-order valence-electron chi connectivity index (χ2n) is 3.76. The number of ether oxygens (including phenoxy) is 1. The maximum Gasteiger partial charge on any atom is 0.182 e. The Hall–Kier alpha value is -0.890. The zero-order valence-electron chi connectivity index (χ0n) is 7.93. The number of hydrogen-bond donors (Lipinski definition) is 0. The highest BCUT2D eigenvalue weighted by atomic mass is 19.1. The van der Waals surface area contributed by atoms with Crippen LogP contribution in [0, 0.1) is 13.8 Å². The van der Waals surface area contributed by atoms with E-state index in [0.717, 1.165) is 11.1 Å². The van der Waals surface area contributed by atoms with E-state index in [4.69, 9.17) is 4.74 Å². The van der Waals surface area contributed by atoms with Gasteiger partial charge in [0.15, 0.2) is 5.67 Å². The second kappa shape index (κ2) is 2.81. The SMILES string of the molecule is Cc1ccc(C2(F)COC2)cc1C. The highest BCUT2D eigenvalue weighted by Gasteiger charge is 2.40. The summed E-state index contributed by atoms with van der Waals surface area (Å²) in [6.45, 7) is 4.44. The summed E-state index contributed by atoms with van der Waals surface area (Å²) in [5.41, 5.74) is 1.87. The van der Waals surface area contributed by atoms with E-state index in [1.807, 2.05) is 32.0 Å². The minimum atomic E-state index is -1.22. The van der Waals surface area contributed by atoms with E-state index < -0.39 is 5.67 Å². The van der Waals surface area contributed by atoms with E-state index >= 15 is 0 Å². The molecule has 0 N–H and O–H groups in total. The lowest BCUT2D eigenvalue weighted by Crippen LogP contribution is -2.42. The first kappa shape index (κ1) is 8.70. The van der Waals surface area contributed by atoms with Crippen molar-refractivity contribution >= 4 is 0 Å². The number of aryl methyl sites for hydroxylation is 2. The molecule has 1 saturated heterocycles. The Labute approximate surface area is 77.5 Å². The Kier molecular flexibility index (Phi) is 1.88. The predicted octanol–water partition coefficient (Wildman–Crippen LogP) is 2.50. The largest absolute Gasteiger partial charge is 0.374 e. The van der Waals surface area contributed by atoms with Crippen molar-refractivity contribution in [2.24, 2.45) is 0 Å². The van der Waals surface area contributed by atoms with Crippen LogP contribution in [0.4, 0.5) is 4.39 Å². The summed E-state index contributed by atoms with van der Waals surface area (Å²) in [5, 5.41) is 0. The summed E-state index contributed by atoms with van der Waals surface area (Å²) in [5.74, 6) is 0. The fraction of sp³-hybridized carbons (Fsp3) is 0.455. The lowest BCUT2D eigenvalue weighted by Gasteiger charge is -2.34. The molecule has 0 bridgehead atoms. The molecule has 0 aliphatic carbocycles. The lowest BCUT2D eigenvalue weighted by atomic mass is 9.91. The van der Waals surface area contributed by atoms with Gasteiger partial charge in [0.05, 0.1) is 13.2 Å². The summed E-state index contributed by atoms with van der Waals surface area (Å²) < 4.78 is 18.7. The average molecular weight is 180 g/mol. The first-order chi connectivity index (χ1) is 6.12. The first-order valence-corrected chi connectivity index (χ1v) is 4.46. The van der Waals surface area contributed by atoms with Crippen LogP contribution in [0.5, 0.6) is 0 Å². The molecule has 13 heavy (non-hydrogen) atoms. The van der Waals surface area contributed by atoms with E-state index in [9.17, 15) is 4.39 Å². The van der Waals surface area contributed by atoms with Gasteiger partial charge in [0.25, 0.3) is 0 Å². The van der Waals surface area contributed by atoms with Gasteiger partial charge in [-0.15, -0.1) is 0 Å². The van der Waals surface area contributed by atoms with Crippen LogP contribution in [0.15, 0.2) is 18.2 Å². The Morgan fingerprint density at radius 2 is 1.92 bits per heavy atom. The molecule has 0 spiro atoms. The Balaban J connectivity index is 2.36. The maximum absolute atomic E-state index is 13.8. The number of hydrogen-bond acceptors (Lipinski definition) is 1. The number of alkyl halides is 1. The molecule has 0 aromatic heterocycles. The van der Waals surface area contributed by atoms with Gasteiger partial charge in [0.2, 0.25) is 0 Å². The average Bonchev–Trinajstić information content (AvgIpc) is 2.06. The van der Waals surface area contributed by atoms with Gasteiger partial charge in [-0.1, -0.05) is 18.2 Å². The van der Waals surface area contributed by atoms with Gasteiger partial charge in [-0.25, -0.2) is 4.39 Å². The molecule has 70 valence electrons. The molecule has 1 fully saturated rings. The summed E-state index contributed by atoms with van der Waals surface area (Å²) in [6.07, 6.45) is 0. The van der Waals surface area contributed by atoms with Crippen LogP contribution in [-0.4, -0.2) is 13.2 Å². The highest BCUT2D eigenvalue weighted by molar-refractivity contribution is 5.34. The van der Waals surface area contributed by atoms with Crippen LogP contribution in [0.1, 0.15) is 16.7 Å². The van der Waals surface area contributed by atoms with Gasteiger partial charge < -0.3 is 4.74 Å². The smallest absolute Gasteiger partial charge is 0.182 e. The summed E-state index contributed by atoms with van der Waals surface area (Å²) >= 11 is 0. The molecule has 1 aliphatic heterocycles. The minimum absolute atomic E-state index is 0.204. The lowest BCUT2D eigenvalue weighted by molar-refractivity contribution is -0.135. The molecule has 1 aromatic carbocycles. The third-order valence-corrected chi connectivity index (χ3v) is 2.69. The summed E-state index contributed by atoms with van der Waals surface area (Å²) in [7, 11) is 0. The summed E-state index contributed by atoms with van der Waals surface area (Å²) in [6, 6.07) is 5.73. The number of benzene rings is 1. The predicted molar refractivity (Wildman–Crippen MR) is 49.5 cm³/mol. The van der Waals surface area contributed by atoms with Gasteiger partial charge in [-0.05, 0) is 30.5 Å². The Bertz CT molecular complexity index is 329. The maximum atomic E-state index is 13.8. The van der Waals surface area contributed by atoms with E-state index in [-0.39, 0.29) is 13.2 Å². The highest BCUT2D eigenvalue weighted by Crippen LogP contribution is 2.34. The van der Waals surface area contributed by atoms with Crippen molar-refractivity contribution in [3.05, 3.63) is 34.9 Å². The van der Waals surface area contributed by atoms with Gasteiger partial charge in [0, 0.05) is 0 Å². The Morgan fingerprint density at radius 1 is 1.23 bits per heavy atom. The molecule has 2 heteroatoms. The zero-order chi connectivity index (χ0) is 9.47. The van der Waals surface area contributed by atoms with E-state index in [0.29, 0.717) is 0 Å². The molecule has 0 unspecified atom stereocenters. The molecule has 0 radical (unpaired) electrons. The van der Waals surface area contributed by atoms with Crippen LogP contribution in [0.2, 0.25) is 0 Å². The van der Waals surface area contributed by atoms with Crippen molar-refractivity contribution < 1.29 is 9.13 Å². The topological polar surface area (TPSA) is 9.23 Å². The fourth-order valence-corrected chi connectivity index (χ4v) is 1.47. The van der Waals surface area contributed by atoms with E-state index in [2.05, 4.69) is 0 Å². The van der Waals surface area contributed by atoms with E-state index in [1.165, 1.54) is 5.56 Å². The zero-order valence-corrected chi connectivity index (χ0v) is 7.93. The van der Waals surface area contributed by atoms with Crippen LogP contribution >= 0.6 is 0 Å². The molecule has 0 amide bonds. The molecule has 0 atom stereocenters. The van der Waals surface area contributed by atoms with Crippen molar-refractivity contribution in [3.8, 4) is 0 Å². The van der Waals surface area contributed by atoms with Crippen LogP contribution < -0.4 is 0 Å². The molecule has 1 aliphatic rings. The van der Waals surface area contributed by atoms with Gasteiger partial charge in [0.1, 0.15) is 0 Å². The fourth-order valence-electron chi connectivity index (χ4n) is 1.47. The van der Waals surface area contributed by atoms with Gasteiger partial charge >= 0.3 is 0 Å². The van der Waals surface area contributed by atoms with Gasteiger partial charge in [-0.3, -0.25) is 0 Å². The third-order valence-electron chi connectivity index (χ3n) is 2.69. The second-order valence-corrected chi connectivity index (χ2v) is 3.76. The normalized spacial score (nSPS) is 19.6. The molecular weight excluding hydrogens is 167 g/mol. The number of rotatable bonds is 1. The summed E-state index contributed by atoms with van der Waals surface area (Å²) in [4.78, 5) is 0. The third kappa shape index (κ3) is 1.35. The van der Waals surface area contributed by atoms with Crippen molar-refractivity contribution in [2.45, 2.75) is 19.5 Å². The quantitative estimate of drug-likeness (QED) is 0.645. The molecule has 1 aromatic rings. The monoisotopic (exact) mass is 180 g/mol. The van der Waals surface area contributed by atoms with Gasteiger partial charge in [-0.2, -0.15) is 0 Å². The van der Waals surface area contributed by atoms with Crippen molar-refractivity contribution in [1.82, 2.24) is 0 Å². The molecular formula is C11H13FO. The van der Waals surface area contributed by atoms with Crippen molar-refractivity contribution in [2.75, 3.05) is 13.2 Å². The molecule has 1 nitrogen and oxygen atoms in total. The standard InChI is InChI=1S/C11H13FO/c1-8-3-4-10(5-9(8)2)11(12)6-13-7-11/h3-5H,6-7H2,1-2H3. The first-order valence-electron chi connectivity index (χ1n) is 4.46. The van der Waals surface area contributed by atoms with Crippen LogP contribution in [0.3, 0.4) is 0 Å². The minimum Gasteiger partial charge on any atom is -0.374 e. The molecule has 0 saturated carbocycles. The van der Waals surface area contributed by atoms with Crippen molar-refractivity contribution in [1.29, 1.82) is 0 Å². The van der Waals surface area contributed by atoms with Crippen LogP contribution in [0.25, 0.3) is 0 Å². The molecule has 1 heterocycles. The Morgan fingerprint density at radius 3 is 2.38 bits per heavy atom. The van der Waals surface area contributed by atoms with Crippen molar-refractivity contribution in [3.63, 3.8) is 0 Å².